The molecule has 0 saturated carbocycles. The van der Waals surface area contributed by atoms with Crippen molar-refractivity contribution in [3.63, 3.8) is 0 Å². The number of fused-ring (bicyclic) bond motifs is 1. The van der Waals surface area contributed by atoms with Crippen LogP contribution in [0.2, 0.25) is 0 Å². The summed E-state index contributed by atoms with van der Waals surface area (Å²) < 4.78 is 6.74. The van der Waals surface area contributed by atoms with Gasteiger partial charge in [-0.25, -0.2) is 15.0 Å². The van der Waals surface area contributed by atoms with E-state index in [-0.39, 0.29) is 24.8 Å². The Labute approximate surface area is 162 Å². The number of aliphatic hydroxyl groups excluding tert-OH is 1. The van der Waals surface area contributed by atoms with E-state index in [1.165, 1.54) is 0 Å². The van der Waals surface area contributed by atoms with Gasteiger partial charge in [-0.1, -0.05) is 12.1 Å². The molecule has 4 rings (SSSR count). The van der Waals surface area contributed by atoms with Crippen molar-refractivity contribution in [2.45, 2.75) is 32.0 Å². The summed E-state index contributed by atoms with van der Waals surface area (Å²) in [5, 5.41) is 10.1. The van der Waals surface area contributed by atoms with Crippen molar-refractivity contribution in [3.05, 3.63) is 58.5 Å². The van der Waals surface area contributed by atoms with Crippen LogP contribution in [0, 0.1) is 0 Å². The summed E-state index contributed by atoms with van der Waals surface area (Å²) in [4.78, 5) is 28.8. The molecule has 1 fully saturated rings. The molecular weight excluding hydrogens is 358 g/mol. The highest BCUT2D eigenvalue weighted by Gasteiger charge is 2.31. The van der Waals surface area contributed by atoms with Crippen LogP contribution in [-0.4, -0.2) is 44.9 Å². The van der Waals surface area contributed by atoms with Crippen LogP contribution < -0.4 is 10.5 Å². The second-order valence-electron chi connectivity index (χ2n) is 6.78. The van der Waals surface area contributed by atoms with Gasteiger partial charge in [0.05, 0.1) is 30.1 Å². The standard InChI is InChI=1S/C20H23N5O3/c1-28-13-17-21-9-8-18(23-17)24-10-4-7-16(24)19-22-15-6-3-2-5-14(15)20(27)25(19)11-12-26/h2-3,5-6,8-9,16,26H,4,7,10-13H2,1H3. The summed E-state index contributed by atoms with van der Waals surface area (Å²) in [5.74, 6) is 2.08. The second-order valence-corrected chi connectivity index (χ2v) is 6.78. The molecule has 8 nitrogen and oxygen atoms in total. The van der Waals surface area contributed by atoms with Crippen molar-refractivity contribution in [2.24, 2.45) is 0 Å². The van der Waals surface area contributed by atoms with E-state index in [1.807, 2.05) is 24.3 Å². The van der Waals surface area contributed by atoms with Gasteiger partial charge in [0.2, 0.25) is 0 Å². The number of methoxy groups -OCH3 is 1. The minimum absolute atomic E-state index is 0.0887. The van der Waals surface area contributed by atoms with Crippen molar-refractivity contribution >= 4 is 16.7 Å². The van der Waals surface area contributed by atoms with Crippen LogP contribution in [0.15, 0.2) is 41.3 Å². The average molecular weight is 381 g/mol. The van der Waals surface area contributed by atoms with Crippen LogP contribution >= 0.6 is 0 Å². The van der Waals surface area contributed by atoms with Crippen molar-refractivity contribution in [2.75, 3.05) is 25.2 Å². The lowest BCUT2D eigenvalue weighted by Crippen LogP contribution is -2.33. The molecule has 1 atom stereocenters. The maximum atomic E-state index is 13.0. The Bertz CT molecular complexity index is 1040. The molecule has 0 spiro atoms. The highest BCUT2D eigenvalue weighted by molar-refractivity contribution is 5.77. The number of aliphatic hydroxyl groups is 1. The molecule has 1 aliphatic rings. The van der Waals surface area contributed by atoms with Gasteiger partial charge in [0, 0.05) is 19.9 Å². The topological polar surface area (TPSA) is 93.4 Å². The minimum Gasteiger partial charge on any atom is -0.395 e. The van der Waals surface area contributed by atoms with Gasteiger partial charge in [-0.3, -0.25) is 9.36 Å². The largest absolute Gasteiger partial charge is 0.395 e. The molecule has 3 aromatic rings. The van der Waals surface area contributed by atoms with Crippen molar-refractivity contribution in [1.82, 2.24) is 19.5 Å². The minimum atomic E-state index is -0.121. The van der Waals surface area contributed by atoms with Gasteiger partial charge in [-0.05, 0) is 31.0 Å². The van der Waals surface area contributed by atoms with Crippen LogP contribution in [0.25, 0.3) is 10.9 Å². The third kappa shape index (κ3) is 3.36. The molecule has 1 saturated heterocycles. The lowest BCUT2D eigenvalue weighted by molar-refractivity contribution is 0.178. The lowest BCUT2D eigenvalue weighted by atomic mass is 10.1. The van der Waals surface area contributed by atoms with Crippen molar-refractivity contribution < 1.29 is 9.84 Å². The smallest absolute Gasteiger partial charge is 0.261 e. The number of anilines is 1. The molecule has 1 aliphatic heterocycles. The quantitative estimate of drug-likeness (QED) is 0.694. The van der Waals surface area contributed by atoms with E-state index in [4.69, 9.17) is 9.72 Å². The van der Waals surface area contributed by atoms with E-state index in [2.05, 4.69) is 14.9 Å². The number of benzene rings is 1. The molecule has 1 unspecified atom stereocenters. The summed E-state index contributed by atoms with van der Waals surface area (Å²) in [6.45, 7) is 1.26. The van der Waals surface area contributed by atoms with E-state index < -0.39 is 0 Å². The predicted molar refractivity (Wildman–Crippen MR) is 105 cm³/mol. The molecule has 2 aromatic heterocycles. The fourth-order valence-electron chi connectivity index (χ4n) is 3.81. The monoisotopic (exact) mass is 381 g/mol. The van der Waals surface area contributed by atoms with Gasteiger partial charge in [0.15, 0.2) is 5.82 Å². The molecule has 0 amide bonds. The van der Waals surface area contributed by atoms with Gasteiger partial charge >= 0.3 is 0 Å². The van der Waals surface area contributed by atoms with Crippen LogP contribution in [0.3, 0.4) is 0 Å². The number of hydrogen-bond acceptors (Lipinski definition) is 7. The Balaban J connectivity index is 1.81. The summed E-state index contributed by atoms with van der Waals surface area (Å²) in [7, 11) is 1.61. The van der Waals surface area contributed by atoms with Crippen LogP contribution in [0.4, 0.5) is 5.82 Å². The Hall–Kier alpha value is -2.84. The van der Waals surface area contributed by atoms with Gasteiger partial charge in [0.1, 0.15) is 18.2 Å². The predicted octanol–water partition coefficient (Wildman–Crippen LogP) is 1.67. The Morgan fingerprint density at radius 3 is 2.93 bits per heavy atom. The first-order valence-electron chi connectivity index (χ1n) is 9.40. The summed E-state index contributed by atoms with van der Waals surface area (Å²) in [5.41, 5.74) is 0.551. The first-order chi connectivity index (χ1) is 13.7. The molecule has 28 heavy (non-hydrogen) atoms. The highest BCUT2D eigenvalue weighted by atomic mass is 16.5. The number of nitrogens with zero attached hydrogens (tertiary/aromatic N) is 5. The van der Waals surface area contributed by atoms with E-state index in [9.17, 15) is 9.90 Å². The molecule has 8 heteroatoms. The normalized spacial score (nSPS) is 16.8. The van der Waals surface area contributed by atoms with Crippen LogP contribution in [0.1, 0.15) is 30.5 Å². The molecular formula is C20H23N5O3. The average Bonchev–Trinajstić information content (AvgIpc) is 3.20. The van der Waals surface area contributed by atoms with E-state index in [0.29, 0.717) is 29.2 Å². The van der Waals surface area contributed by atoms with Crippen LogP contribution in [-0.2, 0) is 17.9 Å². The van der Waals surface area contributed by atoms with Crippen molar-refractivity contribution in [1.29, 1.82) is 0 Å². The zero-order chi connectivity index (χ0) is 19.5. The Kier molecular flexibility index (Phi) is 5.31. The third-order valence-corrected chi connectivity index (χ3v) is 5.02. The fraction of sp³-hybridized carbons (Fsp3) is 0.400. The second kappa shape index (κ2) is 8.04. The van der Waals surface area contributed by atoms with E-state index >= 15 is 0 Å². The number of para-hydroxylation sites is 1. The van der Waals surface area contributed by atoms with Gasteiger partial charge in [-0.15, -0.1) is 0 Å². The summed E-state index contributed by atoms with van der Waals surface area (Å²) in [6.07, 6.45) is 3.55. The number of ether oxygens (including phenoxy) is 1. The number of rotatable bonds is 6. The maximum absolute atomic E-state index is 13.0. The Morgan fingerprint density at radius 1 is 1.25 bits per heavy atom. The fourth-order valence-corrected chi connectivity index (χ4v) is 3.81. The van der Waals surface area contributed by atoms with Gasteiger partial charge in [0.25, 0.3) is 5.56 Å². The van der Waals surface area contributed by atoms with E-state index in [1.54, 1.807) is 23.9 Å². The maximum Gasteiger partial charge on any atom is 0.261 e. The molecule has 146 valence electrons. The summed E-state index contributed by atoms with van der Waals surface area (Å²) in [6, 6.07) is 9.11. The zero-order valence-corrected chi connectivity index (χ0v) is 15.8. The first kappa shape index (κ1) is 18.5. The SMILES string of the molecule is COCc1nccc(N2CCCC2c2nc3ccccc3c(=O)n2CCO)n1. The third-order valence-electron chi connectivity index (χ3n) is 5.02. The lowest BCUT2D eigenvalue weighted by Gasteiger charge is -2.27. The molecule has 0 radical (unpaired) electrons. The molecule has 0 bridgehead atoms. The van der Waals surface area contributed by atoms with Gasteiger partial charge in [-0.2, -0.15) is 0 Å². The highest BCUT2D eigenvalue weighted by Crippen LogP contribution is 2.34. The van der Waals surface area contributed by atoms with Gasteiger partial charge < -0.3 is 14.7 Å². The van der Waals surface area contributed by atoms with Crippen molar-refractivity contribution in [3.8, 4) is 0 Å². The van der Waals surface area contributed by atoms with E-state index in [0.717, 1.165) is 25.2 Å². The molecule has 1 aromatic carbocycles. The number of aromatic nitrogens is 4. The first-order valence-corrected chi connectivity index (χ1v) is 9.40. The number of hydrogen-bond donors (Lipinski definition) is 1. The molecule has 1 N–H and O–H groups in total. The molecule has 0 aliphatic carbocycles. The zero-order valence-electron chi connectivity index (χ0n) is 15.8. The molecule has 3 heterocycles. The summed E-state index contributed by atoms with van der Waals surface area (Å²) >= 11 is 0. The van der Waals surface area contributed by atoms with Crippen LogP contribution in [0.5, 0.6) is 0 Å². The Morgan fingerprint density at radius 2 is 2.11 bits per heavy atom.